The van der Waals surface area contributed by atoms with Gasteiger partial charge in [-0.2, -0.15) is 0 Å². The van der Waals surface area contributed by atoms with E-state index in [0.717, 1.165) is 18.4 Å². The number of carboxylic acid groups (broad SMARTS) is 2. The fourth-order valence-electron chi connectivity index (χ4n) is 12.1. The van der Waals surface area contributed by atoms with E-state index in [2.05, 4.69) is 26.8 Å². The normalized spacial score (nSPS) is 55.2. The van der Waals surface area contributed by atoms with Gasteiger partial charge in [0.25, 0.3) is 0 Å². The van der Waals surface area contributed by atoms with Gasteiger partial charge in [-0.15, -0.1) is 0 Å². The maximum Gasteiger partial charge on any atom is 0.310 e. The number of aliphatic hydroxyl groups is 5. The van der Waals surface area contributed by atoms with Crippen molar-refractivity contribution in [1.82, 2.24) is 0 Å². The van der Waals surface area contributed by atoms with Crippen LogP contribution in [0.3, 0.4) is 0 Å². The number of ether oxygens (including phenoxy) is 2. The van der Waals surface area contributed by atoms with Crippen LogP contribution in [0.15, 0.2) is 11.6 Å². The molecule has 11 nitrogen and oxygen atoms in total. The Balaban J connectivity index is 1.35. The third-order valence-electron chi connectivity index (χ3n) is 15.1. The van der Waals surface area contributed by atoms with Gasteiger partial charge in [0, 0.05) is 5.41 Å². The van der Waals surface area contributed by atoms with E-state index in [0.29, 0.717) is 44.9 Å². The zero-order chi connectivity index (χ0) is 33.8. The van der Waals surface area contributed by atoms with Crippen molar-refractivity contribution in [1.29, 1.82) is 0 Å². The van der Waals surface area contributed by atoms with Gasteiger partial charge < -0.3 is 45.2 Å². The summed E-state index contributed by atoms with van der Waals surface area (Å²) in [6.45, 7) is 9.93. The summed E-state index contributed by atoms with van der Waals surface area (Å²) in [5.74, 6) is -2.05. The molecule has 0 bridgehead atoms. The Labute approximate surface area is 271 Å². The number of aliphatic carboxylic acids is 2. The van der Waals surface area contributed by atoms with Crippen LogP contribution in [-0.4, -0.2) is 97.7 Å². The zero-order valence-corrected chi connectivity index (χ0v) is 27.8. The lowest BCUT2D eigenvalue weighted by Gasteiger charge is -2.71. The van der Waals surface area contributed by atoms with E-state index >= 15 is 0 Å². The lowest BCUT2D eigenvalue weighted by molar-refractivity contribution is -0.328. The summed E-state index contributed by atoms with van der Waals surface area (Å²) in [7, 11) is 0. The number of hydrogen-bond acceptors (Lipinski definition) is 9. The second-order valence-electron chi connectivity index (χ2n) is 17.1. The highest BCUT2D eigenvalue weighted by Gasteiger charge is 2.71. The molecule has 6 rings (SSSR count). The van der Waals surface area contributed by atoms with Gasteiger partial charge in [0.05, 0.1) is 36.3 Å². The highest BCUT2D eigenvalue weighted by molar-refractivity contribution is 5.79. The number of aliphatic hydroxyl groups excluding tert-OH is 5. The van der Waals surface area contributed by atoms with Crippen LogP contribution < -0.4 is 0 Å². The van der Waals surface area contributed by atoms with E-state index < -0.39 is 70.4 Å². The van der Waals surface area contributed by atoms with E-state index in [-0.39, 0.29) is 41.8 Å². The van der Waals surface area contributed by atoms with E-state index in [1.807, 2.05) is 6.92 Å². The van der Waals surface area contributed by atoms with Crippen molar-refractivity contribution in [3.8, 4) is 0 Å². The van der Waals surface area contributed by atoms with Crippen LogP contribution in [0.1, 0.15) is 92.4 Å². The van der Waals surface area contributed by atoms with Crippen LogP contribution in [0.2, 0.25) is 0 Å². The minimum Gasteiger partial charge on any atom is -0.481 e. The van der Waals surface area contributed by atoms with Gasteiger partial charge in [0.1, 0.15) is 18.3 Å². The van der Waals surface area contributed by atoms with Crippen molar-refractivity contribution < 1.29 is 54.8 Å². The van der Waals surface area contributed by atoms with Crippen molar-refractivity contribution >= 4 is 11.9 Å². The summed E-state index contributed by atoms with van der Waals surface area (Å²) < 4.78 is 11.7. The minimum absolute atomic E-state index is 0.0713. The lowest BCUT2D eigenvalue weighted by Crippen LogP contribution is -2.69. The first kappa shape index (κ1) is 34.3. The third-order valence-corrected chi connectivity index (χ3v) is 15.1. The number of allylic oxidation sites excluding steroid dienone is 2. The number of carboxylic acids is 2. The highest BCUT2D eigenvalue weighted by Crippen LogP contribution is 2.76. The molecule has 0 spiro atoms. The molecular formula is C35H54O11. The Morgan fingerprint density at radius 1 is 0.870 bits per heavy atom. The standard InChI is InChI=1S/C35H54O11/c1-30(28(41)42)10-12-35(29(43)44)13-11-33(4)18(19(35)14-30)6-7-23-31(2)15-20(37)26(46-27-25(40)24(39)21(38)16-45-27)32(3,17-36)22(31)8-9-34(23,33)5/h6,19-27,36-40H,7-17H2,1-5H3,(H,41,42)(H,43,44)/t19-,20-,21+,22+,23+,24-,25?,26-,27-,30-,31-,32-,33+,34+,35-/m0/s1. The minimum atomic E-state index is -1.52. The molecular weight excluding hydrogens is 596 g/mol. The molecule has 0 aromatic heterocycles. The Bertz CT molecular complexity index is 1290. The first-order valence-electron chi connectivity index (χ1n) is 17.1. The summed E-state index contributed by atoms with van der Waals surface area (Å²) in [6, 6.07) is 0. The zero-order valence-electron chi connectivity index (χ0n) is 27.8. The van der Waals surface area contributed by atoms with Gasteiger partial charge in [-0.25, -0.2) is 0 Å². The maximum atomic E-state index is 13.0. The molecule has 7 N–H and O–H groups in total. The summed E-state index contributed by atoms with van der Waals surface area (Å²) in [5, 5.41) is 74.3. The lowest BCUT2D eigenvalue weighted by atomic mass is 9.33. The Hall–Kier alpha value is -1.60. The van der Waals surface area contributed by atoms with Crippen molar-refractivity contribution in [3.05, 3.63) is 11.6 Å². The van der Waals surface area contributed by atoms with Crippen molar-refractivity contribution in [3.63, 3.8) is 0 Å². The van der Waals surface area contributed by atoms with Crippen LogP contribution in [-0.2, 0) is 19.1 Å². The number of rotatable bonds is 5. The molecule has 0 aromatic rings. The van der Waals surface area contributed by atoms with Crippen LogP contribution in [0.5, 0.6) is 0 Å². The molecule has 1 saturated heterocycles. The molecule has 5 fully saturated rings. The second-order valence-corrected chi connectivity index (χ2v) is 17.1. The quantitative estimate of drug-likeness (QED) is 0.171. The van der Waals surface area contributed by atoms with Gasteiger partial charge in [-0.1, -0.05) is 39.3 Å². The number of carbonyl (C=O) groups is 2. The third kappa shape index (κ3) is 4.41. The Kier molecular flexibility index (Phi) is 8.16. The van der Waals surface area contributed by atoms with Crippen molar-refractivity contribution in [2.75, 3.05) is 13.2 Å². The largest absolute Gasteiger partial charge is 0.481 e. The molecule has 11 heteroatoms. The van der Waals surface area contributed by atoms with E-state index in [1.54, 1.807) is 6.92 Å². The summed E-state index contributed by atoms with van der Waals surface area (Å²) in [6.07, 6.45) is -0.432. The van der Waals surface area contributed by atoms with Gasteiger partial charge in [-0.05, 0) is 98.7 Å². The second kappa shape index (κ2) is 11.0. The molecule has 0 aromatic carbocycles. The van der Waals surface area contributed by atoms with Gasteiger partial charge in [-0.3, -0.25) is 9.59 Å². The van der Waals surface area contributed by atoms with Crippen LogP contribution in [0, 0.1) is 50.2 Å². The number of hydrogen-bond donors (Lipinski definition) is 7. The topological polar surface area (TPSA) is 194 Å². The van der Waals surface area contributed by atoms with Crippen molar-refractivity contribution in [2.45, 2.75) is 129 Å². The molecule has 6 aliphatic rings. The summed E-state index contributed by atoms with van der Waals surface area (Å²) in [5.41, 5.74) is -2.84. The molecule has 0 amide bonds. The van der Waals surface area contributed by atoms with Gasteiger partial charge in [0.15, 0.2) is 6.29 Å². The van der Waals surface area contributed by atoms with Gasteiger partial charge >= 0.3 is 11.9 Å². The molecule has 4 saturated carbocycles. The molecule has 260 valence electrons. The fraction of sp³-hybridized carbons (Fsp3) is 0.886. The smallest absolute Gasteiger partial charge is 0.310 e. The molecule has 1 heterocycles. The summed E-state index contributed by atoms with van der Waals surface area (Å²) in [4.78, 5) is 25.4. The monoisotopic (exact) mass is 650 g/mol. The first-order valence-corrected chi connectivity index (χ1v) is 17.1. The molecule has 1 unspecified atom stereocenters. The van der Waals surface area contributed by atoms with E-state index in [4.69, 9.17) is 9.47 Å². The average molecular weight is 651 g/mol. The molecule has 15 atom stereocenters. The van der Waals surface area contributed by atoms with Crippen LogP contribution in [0.4, 0.5) is 0 Å². The van der Waals surface area contributed by atoms with Crippen LogP contribution in [0.25, 0.3) is 0 Å². The highest BCUT2D eigenvalue weighted by atomic mass is 16.7. The molecule has 46 heavy (non-hydrogen) atoms. The van der Waals surface area contributed by atoms with Crippen molar-refractivity contribution in [2.24, 2.45) is 50.2 Å². The average Bonchev–Trinajstić information content (AvgIpc) is 2.99. The van der Waals surface area contributed by atoms with Crippen LogP contribution >= 0.6 is 0 Å². The van der Waals surface area contributed by atoms with E-state index in [1.165, 1.54) is 0 Å². The summed E-state index contributed by atoms with van der Waals surface area (Å²) >= 11 is 0. The number of fused-ring (bicyclic) bond motifs is 7. The predicted octanol–water partition coefficient (Wildman–Crippen LogP) is 2.70. The SMILES string of the molecule is C[C@]1(C(=O)O)CC[C@]2(C(=O)O)CC[C@]3(C)C(=CC[C@@H]4[C@@]5(C)C[C@H](O)[C@H](O[C@@H]6OC[C@@H](O)[C@H](O)C6O)[C@@](C)(CO)[C@@H]5CC[C@]43C)[C@@H]2C1. The molecule has 0 radical (unpaired) electrons. The predicted molar refractivity (Wildman–Crippen MR) is 164 cm³/mol. The first-order chi connectivity index (χ1) is 21.3. The Morgan fingerprint density at radius 3 is 2.17 bits per heavy atom. The maximum absolute atomic E-state index is 13.0. The fourth-order valence-corrected chi connectivity index (χ4v) is 12.1. The Morgan fingerprint density at radius 2 is 1.54 bits per heavy atom. The molecule has 5 aliphatic carbocycles. The molecule has 1 aliphatic heterocycles. The van der Waals surface area contributed by atoms with Gasteiger partial charge in [0.2, 0.25) is 0 Å². The van der Waals surface area contributed by atoms with E-state index in [9.17, 15) is 45.3 Å².